The summed E-state index contributed by atoms with van der Waals surface area (Å²) in [5.41, 5.74) is 1.07. The fourth-order valence-corrected chi connectivity index (χ4v) is 2.50. The molecule has 1 heterocycles. The Labute approximate surface area is 136 Å². The summed E-state index contributed by atoms with van der Waals surface area (Å²) < 4.78 is 1.34. The largest absolute Gasteiger partial charge is 0.336 e. The summed E-state index contributed by atoms with van der Waals surface area (Å²) in [6.07, 6.45) is 0.642. The number of rotatable bonds is 6. The lowest BCUT2D eigenvalue weighted by molar-refractivity contribution is -0.384. The fraction of sp³-hybridized carbons (Fsp3) is 0.308. The number of hydrogen-bond acceptors (Lipinski definition) is 7. The van der Waals surface area contributed by atoms with Crippen molar-refractivity contribution in [3.63, 3.8) is 0 Å². The third kappa shape index (κ3) is 3.97. The Balaban J connectivity index is 2.01. The van der Waals surface area contributed by atoms with Crippen molar-refractivity contribution in [2.24, 2.45) is 0 Å². The maximum Gasteiger partial charge on any atom is 0.271 e. The van der Waals surface area contributed by atoms with Crippen molar-refractivity contribution >= 4 is 29.0 Å². The van der Waals surface area contributed by atoms with Gasteiger partial charge >= 0.3 is 0 Å². The molecule has 2 rings (SSSR count). The molecule has 0 aliphatic rings. The number of amides is 1. The topological polar surface area (TPSA) is 129 Å². The van der Waals surface area contributed by atoms with Crippen molar-refractivity contribution in [1.82, 2.24) is 14.9 Å². The Morgan fingerprint density at radius 3 is 2.83 bits per heavy atom. The molecular formula is C13H16N6O3S. The minimum absolute atomic E-state index is 0.0706. The van der Waals surface area contributed by atoms with Gasteiger partial charge in [0.05, 0.1) is 16.4 Å². The SMILES string of the molecule is CCc1nnc(SCC(=O)Nc2cc([N+](=O)[O-])ccc2C)n1N. The number of carbonyl (C=O) groups excluding carboxylic acids is 1. The average Bonchev–Trinajstić information content (AvgIpc) is 2.87. The lowest BCUT2D eigenvalue weighted by Crippen LogP contribution is -2.17. The molecule has 0 bridgehead atoms. The molecule has 0 atom stereocenters. The van der Waals surface area contributed by atoms with Crippen LogP contribution in [0, 0.1) is 17.0 Å². The highest BCUT2D eigenvalue weighted by molar-refractivity contribution is 7.99. The molecule has 3 N–H and O–H groups in total. The number of nitro groups is 1. The number of nitro benzene ring substituents is 1. The summed E-state index contributed by atoms with van der Waals surface area (Å²) >= 11 is 1.15. The van der Waals surface area contributed by atoms with E-state index in [1.54, 1.807) is 13.0 Å². The van der Waals surface area contributed by atoms with Crippen molar-refractivity contribution in [1.29, 1.82) is 0 Å². The fourth-order valence-electron chi connectivity index (χ4n) is 1.82. The van der Waals surface area contributed by atoms with Gasteiger partial charge in [0.25, 0.3) is 5.69 Å². The molecule has 1 aromatic carbocycles. The predicted octanol–water partition coefficient (Wildman–Crippen LogP) is 1.50. The third-order valence-electron chi connectivity index (χ3n) is 3.09. The van der Waals surface area contributed by atoms with Gasteiger partial charge in [0, 0.05) is 18.6 Å². The van der Waals surface area contributed by atoms with Gasteiger partial charge in [0.15, 0.2) is 5.82 Å². The van der Waals surface area contributed by atoms with Gasteiger partial charge < -0.3 is 11.2 Å². The van der Waals surface area contributed by atoms with Gasteiger partial charge in [-0.3, -0.25) is 14.9 Å². The monoisotopic (exact) mass is 336 g/mol. The van der Waals surface area contributed by atoms with Crippen molar-refractivity contribution in [2.75, 3.05) is 16.9 Å². The van der Waals surface area contributed by atoms with E-state index in [4.69, 9.17) is 5.84 Å². The van der Waals surface area contributed by atoms with E-state index in [1.165, 1.54) is 16.8 Å². The van der Waals surface area contributed by atoms with Crippen molar-refractivity contribution < 1.29 is 9.72 Å². The third-order valence-corrected chi connectivity index (χ3v) is 4.03. The normalized spacial score (nSPS) is 10.5. The van der Waals surface area contributed by atoms with Crippen LogP contribution in [0.25, 0.3) is 0 Å². The molecule has 2 aromatic rings. The van der Waals surface area contributed by atoms with Gasteiger partial charge in [0.2, 0.25) is 11.1 Å². The zero-order valence-corrected chi connectivity index (χ0v) is 13.5. The van der Waals surface area contributed by atoms with E-state index < -0.39 is 4.92 Å². The van der Waals surface area contributed by atoms with E-state index in [1.807, 2.05) is 6.92 Å². The summed E-state index contributed by atoms with van der Waals surface area (Å²) in [7, 11) is 0. The van der Waals surface area contributed by atoms with Crippen molar-refractivity contribution in [3.8, 4) is 0 Å². The van der Waals surface area contributed by atoms with Crippen LogP contribution in [0.15, 0.2) is 23.4 Å². The highest BCUT2D eigenvalue weighted by atomic mass is 32.2. The van der Waals surface area contributed by atoms with Crippen LogP contribution in [0.3, 0.4) is 0 Å². The molecule has 9 nitrogen and oxygen atoms in total. The number of aromatic nitrogens is 3. The molecular weight excluding hydrogens is 320 g/mol. The smallest absolute Gasteiger partial charge is 0.271 e. The number of nitrogens with zero attached hydrogens (tertiary/aromatic N) is 4. The molecule has 0 saturated heterocycles. The molecule has 122 valence electrons. The number of non-ortho nitro benzene ring substituents is 1. The number of aryl methyl sites for hydroxylation is 2. The Morgan fingerprint density at radius 1 is 1.48 bits per heavy atom. The molecule has 0 aliphatic heterocycles. The Morgan fingerprint density at radius 2 is 2.22 bits per heavy atom. The first-order valence-corrected chi connectivity index (χ1v) is 7.78. The molecule has 0 aliphatic carbocycles. The molecule has 10 heteroatoms. The number of anilines is 1. The summed E-state index contributed by atoms with van der Waals surface area (Å²) in [6.45, 7) is 3.66. The zero-order chi connectivity index (χ0) is 17.0. The van der Waals surface area contributed by atoms with Crippen molar-refractivity contribution in [3.05, 3.63) is 39.7 Å². The van der Waals surface area contributed by atoms with Crippen LogP contribution < -0.4 is 11.2 Å². The van der Waals surface area contributed by atoms with E-state index >= 15 is 0 Å². The van der Waals surface area contributed by atoms with Crippen molar-refractivity contribution in [2.45, 2.75) is 25.4 Å². The number of nitrogens with one attached hydrogen (secondary N) is 1. The maximum absolute atomic E-state index is 12.0. The highest BCUT2D eigenvalue weighted by Gasteiger charge is 2.13. The van der Waals surface area contributed by atoms with E-state index in [0.29, 0.717) is 23.1 Å². The van der Waals surface area contributed by atoms with E-state index in [2.05, 4.69) is 15.5 Å². The second kappa shape index (κ2) is 7.09. The van der Waals surface area contributed by atoms with Gasteiger partial charge in [-0.25, -0.2) is 4.68 Å². The number of nitrogen functional groups attached to an aromatic ring is 1. The molecule has 0 radical (unpaired) electrons. The first kappa shape index (κ1) is 16.7. The molecule has 1 aromatic heterocycles. The number of hydrogen-bond donors (Lipinski definition) is 2. The van der Waals surface area contributed by atoms with Crippen LogP contribution in [-0.2, 0) is 11.2 Å². The molecule has 0 fully saturated rings. The zero-order valence-electron chi connectivity index (χ0n) is 12.6. The van der Waals surface area contributed by atoms with Crippen LogP contribution >= 0.6 is 11.8 Å². The molecule has 0 unspecified atom stereocenters. The first-order chi connectivity index (χ1) is 10.9. The summed E-state index contributed by atoms with van der Waals surface area (Å²) in [5.74, 6) is 6.19. The Bertz CT molecular complexity index is 745. The number of nitrogens with two attached hydrogens (primary N) is 1. The highest BCUT2D eigenvalue weighted by Crippen LogP contribution is 2.22. The number of thioether (sulfide) groups is 1. The van der Waals surface area contributed by atoms with E-state index in [9.17, 15) is 14.9 Å². The first-order valence-electron chi connectivity index (χ1n) is 6.79. The van der Waals surface area contributed by atoms with Crippen LogP contribution in [0.5, 0.6) is 0 Å². The van der Waals surface area contributed by atoms with Gasteiger partial charge in [-0.2, -0.15) is 0 Å². The van der Waals surface area contributed by atoms with Crippen LogP contribution in [0.1, 0.15) is 18.3 Å². The summed E-state index contributed by atoms with van der Waals surface area (Å²) in [6, 6.07) is 4.31. The lowest BCUT2D eigenvalue weighted by atomic mass is 10.2. The molecule has 0 spiro atoms. The van der Waals surface area contributed by atoms with Gasteiger partial charge in [-0.15, -0.1) is 10.2 Å². The van der Waals surface area contributed by atoms with Gasteiger partial charge in [-0.1, -0.05) is 24.8 Å². The maximum atomic E-state index is 12.0. The van der Waals surface area contributed by atoms with E-state index in [-0.39, 0.29) is 17.3 Å². The minimum Gasteiger partial charge on any atom is -0.336 e. The van der Waals surface area contributed by atoms with Gasteiger partial charge in [0.1, 0.15) is 0 Å². The second-order valence-corrected chi connectivity index (χ2v) is 5.66. The van der Waals surface area contributed by atoms with E-state index in [0.717, 1.165) is 17.3 Å². The predicted molar refractivity (Wildman–Crippen MR) is 86.7 cm³/mol. The summed E-state index contributed by atoms with van der Waals surface area (Å²) in [4.78, 5) is 22.3. The molecule has 1 amide bonds. The summed E-state index contributed by atoms with van der Waals surface area (Å²) in [5, 5.41) is 21.7. The van der Waals surface area contributed by atoms with Gasteiger partial charge in [-0.05, 0) is 12.5 Å². The number of benzene rings is 1. The average molecular weight is 336 g/mol. The van der Waals surface area contributed by atoms with Crippen LogP contribution in [0.4, 0.5) is 11.4 Å². The minimum atomic E-state index is -0.507. The number of carbonyl (C=O) groups is 1. The standard InChI is InChI=1S/C13H16N6O3S/c1-3-11-16-17-13(18(11)14)23-7-12(20)15-10-6-9(19(21)22)5-4-8(10)2/h4-6H,3,7,14H2,1-2H3,(H,15,20). The molecule has 23 heavy (non-hydrogen) atoms. The lowest BCUT2D eigenvalue weighted by Gasteiger charge is -2.08. The second-order valence-electron chi connectivity index (χ2n) is 4.72. The van der Waals surface area contributed by atoms with Crippen LogP contribution in [0.2, 0.25) is 0 Å². The van der Waals surface area contributed by atoms with Crippen LogP contribution in [-0.4, -0.2) is 31.5 Å². The Hall–Kier alpha value is -2.62. The quantitative estimate of drug-likeness (QED) is 0.354. The molecule has 0 saturated carbocycles. The Kier molecular flexibility index (Phi) is 5.16.